The van der Waals surface area contributed by atoms with Crippen LogP contribution in [0.1, 0.15) is 20.7 Å². The van der Waals surface area contributed by atoms with Gasteiger partial charge in [-0.15, -0.1) is 0 Å². The average Bonchev–Trinajstić information content (AvgIpc) is 2.16. The molecule has 0 aliphatic heterocycles. The molecule has 0 fully saturated rings. The van der Waals surface area contributed by atoms with E-state index in [1.807, 2.05) is 0 Å². The minimum absolute atomic E-state index is 0.0245. The summed E-state index contributed by atoms with van der Waals surface area (Å²) in [5, 5.41) is 1.40. The normalized spacial score (nSPS) is 9.57. The maximum Gasteiger partial charge on any atom is 0.255 e. The van der Waals surface area contributed by atoms with Gasteiger partial charge in [-0.1, -0.05) is 6.07 Å². The van der Waals surface area contributed by atoms with Crippen LogP contribution in [0, 0.1) is 5.53 Å². The lowest BCUT2D eigenvalue weighted by Gasteiger charge is -2.02. The molecule has 0 amide bonds. The van der Waals surface area contributed by atoms with Crippen LogP contribution in [0.3, 0.4) is 0 Å². The van der Waals surface area contributed by atoms with E-state index in [9.17, 15) is 9.59 Å². The maximum atomic E-state index is 11.0. The lowest BCUT2D eigenvalue weighted by molar-refractivity contribution is 0.105. The molecule has 6 heteroatoms. The van der Waals surface area contributed by atoms with E-state index < -0.39 is 10.5 Å². The fourth-order valence-electron chi connectivity index (χ4n) is 1.00. The van der Waals surface area contributed by atoms with Gasteiger partial charge >= 0.3 is 0 Å². The second kappa shape index (κ2) is 4.30. The molecule has 1 rings (SSSR count). The first-order valence-electron chi connectivity index (χ1n) is 3.48. The van der Waals surface area contributed by atoms with Crippen molar-refractivity contribution in [3.05, 3.63) is 29.3 Å². The number of carbonyl (C=O) groups excluding carboxylic acids is 2. The summed E-state index contributed by atoms with van der Waals surface area (Å²) in [6.45, 7) is 0. The standard InChI is InChI=1S/C8H4Cl2N2O2/c9-7(13)4-2-1-3-5(12-11)6(4)8(10)14/h1-3,11H. The van der Waals surface area contributed by atoms with Gasteiger partial charge in [0.2, 0.25) is 0 Å². The van der Waals surface area contributed by atoms with Gasteiger partial charge in [0.1, 0.15) is 0 Å². The Kier molecular flexibility index (Phi) is 3.33. The van der Waals surface area contributed by atoms with Crippen molar-refractivity contribution in [2.45, 2.75) is 0 Å². The Morgan fingerprint density at radius 1 is 1.21 bits per heavy atom. The second-order valence-electron chi connectivity index (χ2n) is 2.36. The second-order valence-corrected chi connectivity index (χ2v) is 3.05. The minimum Gasteiger partial charge on any atom is -0.276 e. The van der Waals surface area contributed by atoms with Crippen molar-refractivity contribution in [1.82, 2.24) is 0 Å². The molecule has 1 aromatic rings. The lowest BCUT2D eigenvalue weighted by atomic mass is 10.1. The van der Waals surface area contributed by atoms with Gasteiger partial charge in [-0.05, 0) is 35.3 Å². The molecule has 0 atom stereocenters. The molecule has 0 bridgehead atoms. The molecule has 0 heterocycles. The molecular formula is C8H4Cl2N2O2. The minimum atomic E-state index is -0.861. The Labute approximate surface area is 89.3 Å². The van der Waals surface area contributed by atoms with Crippen LogP contribution in [0.25, 0.3) is 0 Å². The van der Waals surface area contributed by atoms with E-state index in [2.05, 4.69) is 5.11 Å². The topological polar surface area (TPSA) is 70.3 Å². The monoisotopic (exact) mass is 230 g/mol. The SMILES string of the molecule is N=Nc1cccc(C(=O)Cl)c1C(=O)Cl. The van der Waals surface area contributed by atoms with E-state index in [0.29, 0.717) is 0 Å². The zero-order valence-electron chi connectivity index (χ0n) is 6.75. The van der Waals surface area contributed by atoms with Crippen molar-refractivity contribution >= 4 is 39.4 Å². The summed E-state index contributed by atoms with van der Waals surface area (Å²) in [4.78, 5) is 21.9. The van der Waals surface area contributed by atoms with Gasteiger partial charge in [0.15, 0.2) is 0 Å². The summed E-state index contributed by atoms with van der Waals surface area (Å²) in [5.74, 6) is 0. The fraction of sp³-hybridized carbons (Fsp3) is 0. The van der Waals surface area contributed by atoms with Crippen LogP contribution < -0.4 is 0 Å². The predicted molar refractivity (Wildman–Crippen MR) is 51.6 cm³/mol. The Bertz CT molecular complexity index is 418. The quantitative estimate of drug-likeness (QED) is 0.641. The van der Waals surface area contributed by atoms with Crippen molar-refractivity contribution in [3.8, 4) is 0 Å². The van der Waals surface area contributed by atoms with E-state index >= 15 is 0 Å². The zero-order valence-corrected chi connectivity index (χ0v) is 8.26. The highest BCUT2D eigenvalue weighted by atomic mass is 35.5. The molecule has 0 radical (unpaired) electrons. The summed E-state index contributed by atoms with van der Waals surface area (Å²) in [7, 11) is 0. The van der Waals surface area contributed by atoms with E-state index in [4.69, 9.17) is 28.7 Å². The Balaban J connectivity index is 3.51. The van der Waals surface area contributed by atoms with E-state index in [1.54, 1.807) is 0 Å². The van der Waals surface area contributed by atoms with Crippen LogP contribution in [0.2, 0.25) is 0 Å². The van der Waals surface area contributed by atoms with Gasteiger partial charge in [-0.2, -0.15) is 5.11 Å². The van der Waals surface area contributed by atoms with Gasteiger partial charge in [-0.3, -0.25) is 9.59 Å². The largest absolute Gasteiger partial charge is 0.276 e. The number of carbonyl (C=O) groups is 2. The first-order chi connectivity index (χ1) is 6.57. The Hall–Kier alpha value is -1.26. The molecule has 0 unspecified atom stereocenters. The number of nitrogens with one attached hydrogen (secondary N) is 1. The van der Waals surface area contributed by atoms with Crippen molar-refractivity contribution in [2.24, 2.45) is 5.11 Å². The van der Waals surface area contributed by atoms with E-state index in [-0.39, 0.29) is 16.8 Å². The van der Waals surface area contributed by atoms with Gasteiger partial charge in [0, 0.05) is 5.56 Å². The molecule has 4 nitrogen and oxygen atoms in total. The lowest BCUT2D eigenvalue weighted by Crippen LogP contribution is -2.00. The summed E-state index contributed by atoms with van der Waals surface area (Å²) in [6.07, 6.45) is 0. The van der Waals surface area contributed by atoms with Crippen molar-refractivity contribution in [3.63, 3.8) is 0 Å². The Morgan fingerprint density at radius 3 is 2.29 bits per heavy atom. The molecular weight excluding hydrogens is 227 g/mol. The van der Waals surface area contributed by atoms with Gasteiger partial charge in [-0.25, -0.2) is 5.53 Å². The molecule has 72 valence electrons. The molecule has 0 spiro atoms. The highest BCUT2D eigenvalue weighted by Crippen LogP contribution is 2.25. The Morgan fingerprint density at radius 2 is 1.86 bits per heavy atom. The molecule has 0 saturated carbocycles. The third-order valence-corrected chi connectivity index (χ3v) is 1.96. The molecule has 1 aromatic carbocycles. The van der Waals surface area contributed by atoms with Crippen molar-refractivity contribution < 1.29 is 9.59 Å². The third kappa shape index (κ3) is 1.97. The number of hydrogen-bond acceptors (Lipinski definition) is 4. The van der Waals surface area contributed by atoms with Crippen LogP contribution in [-0.2, 0) is 0 Å². The number of rotatable bonds is 3. The number of benzene rings is 1. The molecule has 0 aromatic heterocycles. The summed E-state index contributed by atoms with van der Waals surface area (Å²) in [5.41, 5.74) is 6.62. The zero-order chi connectivity index (χ0) is 10.7. The molecule has 0 aliphatic carbocycles. The van der Waals surface area contributed by atoms with Crippen LogP contribution >= 0.6 is 23.2 Å². The highest BCUT2D eigenvalue weighted by Gasteiger charge is 2.17. The number of halogens is 2. The highest BCUT2D eigenvalue weighted by molar-refractivity contribution is 6.72. The fourth-order valence-corrected chi connectivity index (χ4v) is 1.36. The summed E-state index contributed by atoms with van der Waals surface area (Å²) < 4.78 is 0. The molecule has 14 heavy (non-hydrogen) atoms. The predicted octanol–water partition coefficient (Wildman–Crippen LogP) is 3.11. The summed E-state index contributed by atoms with van der Waals surface area (Å²) in [6, 6.07) is 4.21. The smallest absolute Gasteiger partial charge is 0.255 e. The molecule has 0 saturated heterocycles. The number of hydrogen-bond donors (Lipinski definition) is 1. The first kappa shape index (κ1) is 10.8. The van der Waals surface area contributed by atoms with Crippen LogP contribution in [0.5, 0.6) is 0 Å². The first-order valence-corrected chi connectivity index (χ1v) is 4.23. The molecule has 1 N–H and O–H groups in total. The number of nitrogens with zero attached hydrogens (tertiary/aromatic N) is 1. The van der Waals surface area contributed by atoms with E-state index in [1.165, 1.54) is 18.2 Å². The van der Waals surface area contributed by atoms with Gasteiger partial charge in [0.05, 0.1) is 11.3 Å². The average molecular weight is 231 g/mol. The van der Waals surface area contributed by atoms with Crippen LogP contribution in [0.15, 0.2) is 23.3 Å². The maximum absolute atomic E-state index is 11.0. The van der Waals surface area contributed by atoms with Crippen LogP contribution in [-0.4, -0.2) is 10.5 Å². The van der Waals surface area contributed by atoms with Crippen molar-refractivity contribution in [1.29, 1.82) is 5.53 Å². The van der Waals surface area contributed by atoms with Crippen LogP contribution in [0.4, 0.5) is 5.69 Å². The van der Waals surface area contributed by atoms with E-state index in [0.717, 1.165) is 0 Å². The third-order valence-electron chi connectivity index (χ3n) is 1.57. The van der Waals surface area contributed by atoms with Crippen molar-refractivity contribution in [2.75, 3.05) is 0 Å². The molecule has 0 aliphatic rings. The van der Waals surface area contributed by atoms with Gasteiger partial charge in [0.25, 0.3) is 10.5 Å². The van der Waals surface area contributed by atoms with Gasteiger partial charge < -0.3 is 0 Å². The summed E-state index contributed by atoms with van der Waals surface area (Å²) >= 11 is 10.5.